The Kier molecular flexibility index (Phi) is 7.40. The topological polar surface area (TPSA) is 104 Å². The summed E-state index contributed by atoms with van der Waals surface area (Å²) in [7, 11) is 0. The second kappa shape index (κ2) is 12.9. The molecule has 8 heteroatoms. The highest BCUT2D eigenvalue weighted by atomic mass is 16.5. The van der Waals surface area contributed by atoms with E-state index in [9.17, 15) is 10.5 Å². The summed E-state index contributed by atoms with van der Waals surface area (Å²) in [5.41, 5.74) is 7.73. The predicted molar refractivity (Wildman–Crippen MR) is 215 cm³/mol. The van der Waals surface area contributed by atoms with Gasteiger partial charge in [-0.05, 0) is 54.6 Å². The Morgan fingerprint density at radius 3 is 1.67 bits per heavy atom. The van der Waals surface area contributed by atoms with Gasteiger partial charge in [-0.25, -0.2) is 15.0 Å². The molecule has 1 aliphatic rings. The minimum Gasteiger partial charge on any atom is -0.453 e. The van der Waals surface area contributed by atoms with E-state index in [4.69, 9.17) is 19.7 Å². The van der Waals surface area contributed by atoms with Gasteiger partial charge in [0.1, 0.15) is 12.1 Å². The van der Waals surface area contributed by atoms with Crippen molar-refractivity contribution in [1.29, 1.82) is 10.5 Å². The molecule has 7 aromatic carbocycles. The number of rotatable bonds is 5. The van der Waals surface area contributed by atoms with Gasteiger partial charge < -0.3 is 14.2 Å². The second-order valence-electron chi connectivity index (χ2n) is 13.1. The monoisotopic (exact) mass is 705 g/mol. The van der Waals surface area contributed by atoms with Gasteiger partial charge in [0.05, 0.1) is 39.1 Å². The smallest absolute Gasteiger partial charge is 0.166 e. The molecule has 55 heavy (non-hydrogen) atoms. The standard InChI is InChI=1S/C47H27N7O/c48-28-32-24-35(25-33(29-49)44(32)47-51-45(30-14-4-1-5-15-30)50-46(52-47)31-16-6-2-7-17-31)54-38-21-11-10-20-36(38)37-26-43-41(27-40(37)54)53(34-18-8-3-9-19-34)39-22-12-13-23-42(39)55-43/h1-27H. The molecule has 8 nitrogen and oxygen atoms in total. The average Bonchev–Trinajstić information content (AvgIpc) is 3.58. The first kappa shape index (κ1) is 31.6. The Hall–Kier alpha value is -8.07. The van der Waals surface area contributed by atoms with E-state index in [1.165, 1.54) is 0 Å². The van der Waals surface area contributed by atoms with Crippen molar-refractivity contribution in [1.82, 2.24) is 19.5 Å². The van der Waals surface area contributed by atoms with Crippen LogP contribution in [-0.2, 0) is 0 Å². The van der Waals surface area contributed by atoms with Crippen LogP contribution in [-0.4, -0.2) is 19.5 Å². The molecule has 10 rings (SSSR count). The third-order valence-corrected chi connectivity index (χ3v) is 9.88. The fourth-order valence-electron chi connectivity index (χ4n) is 7.44. The van der Waals surface area contributed by atoms with Crippen molar-refractivity contribution in [3.63, 3.8) is 0 Å². The number of hydrogen-bond donors (Lipinski definition) is 0. The van der Waals surface area contributed by atoms with Crippen LogP contribution in [0, 0.1) is 22.7 Å². The number of nitriles is 2. The first-order valence-electron chi connectivity index (χ1n) is 17.7. The van der Waals surface area contributed by atoms with Gasteiger partial charge in [0.15, 0.2) is 29.0 Å². The van der Waals surface area contributed by atoms with Crippen molar-refractivity contribution >= 4 is 38.9 Å². The second-order valence-corrected chi connectivity index (χ2v) is 13.1. The van der Waals surface area contributed by atoms with Crippen LogP contribution in [0.3, 0.4) is 0 Å². The number of anilines is 3. The van der Waals surface area contributed by atoms with Crippen molar-refractivity contribution in [3.05, 3.63) is 175 Å². The maximum Gasteiger partial charge on any atom is 0.166 e. The Bertz CT molecular complexity index is 2940. The van der Waals surface area contributed by atoms with Gasteiger partial charge in [0.25, 0.3) is 0 Å². The van der Waals surface area contributed by atoms with Crippen LogP contribution < -0.4 is 9.64 Å². The molecule has 3 heterocycles. The Labute approximate surface area is 316 Å². The lowest BCUT2D eigenvalue weighted by atomic mass is 9.99. The highest BCUT2D eigenvalue weighted by molar-refractivity contribution is 6.12. The molecule has 2 aromatic heterocycles. The lowest BCUT2D eigenvalue weighted by Crippen LogP contribution is -2.15. The Morgan fingerprint density at radius 1 is 0.455 bits per heavy atom. The summed E-state index contributed by atoms with van der Waals surface area (Å²) in [4.78, 5) is 16.7. The number of nitrogens with zero attached hydrogens (tertiary/aromatic N) is 7. The number of benzene rings is 7. The van der Waals surface area contributed by atoms with Gasteiger partial charge >= 0.3 is 0 Å². The van der Waals surface area contributed by atoms with Gasteiger partial charge in [0, 0.05) is 33.3 Å². The quantitative estimate of drug-likeness (QED) is 0.175. The van der Waals surface area contributed by atoms with E-state index >= 15 is 0 Å². The molecule has 0 fully saturated rings. The molecule has 1 aliphatic heterocycles. The number of para-hydroxylation sites is 4. The number of fused-ring (bicyclic) bond motifs is 5. The molecule has 0 saturated carbocycles. The summed E-state index contributed by atoms with van der Waals surface area (Å²) in [5.74, 6) is 2.62. The highest BCUT2D eigenvalue weighted by Gasteiger charge is 2.28. The fourth-order valence-corrected chi connectivity index (χ4v) is 7.44. The van der Waals surface area contributed by atoms with Gasteiger partial charge in [-0.1, -0.05) is 109 Å². The summed E-state index contributed by atoms with van der Waals surface area (Å²) in [6.07, 6.45) is 0. The van der Waals surface area contributed by atoms with E-state index in [2.05, 4.69) is 64.1 Å². The maximum absolute atomic E-state index is 10.8. The molecule has 0 radical (unpaired) electrons. The van der Waals surface area contributed by atoms with Crippen LogP contribution in [0.25, 0.3) is 61.7 Å². The van der Waals surface area contributed by atoms with E-state index in [1.807, 2.05) is 121 Å². The first-order valence-corrected chi connectivity index (χ1v) is 17.7. The van der Waals surface area contributed by atoms with Crippen LogP contribution in [0.2, 0.25) is 0 Å². The van der Waals surface area contributed by atoms with Gasteiger partial charge in [0.2, 0.25) is 0 Å². The minimum absolute atomic E-state index is 0.248. The highest BCUT2D eigenvalue weighted by Crippen LogP contribution is 2.52. The zero-order valence-corrected chi connectivity index (χ0v) is 29.1. The van der Waals surface area contributed by atoms with Gasteiger partial charge in [-0.2, -0.15) is 10.5 Å². The van der Waals surface area contributed by atoms with Crippen LogP contribution in [0.4, 0.5) is 17.1 Å². The molecule has 0 aliphatic carbocycles. The molecule has 0 saturated heterocycles. The van der Waals surface area contributed by atoms with E-state index < -0.39 is 0 Å². The molecule has 0 spiro atoms. The molecule has 0 unspecified atom stereocenters. The van der Waals surface area contributed by atoms with Crippen molar-refractivity contribution in [3.8, 4) is 63.5 Å². The Morgan fingerprint density at radius 2 is 1.02 bits per heavy atom. The normalized spacial score (nSPS) is 11.7. The summed E-state index contributed by atoms with van der Waals surface area (Å²) in [6.45, 7) is 0. The van der Waals surface area contributed by atoms with Crippen molar-refractivity contribution in [2.24, 2.45) is 0 Å². The van der Waals surface area contributed by atoms with Crippen LogP contribution in [0.1, 0.15) is 11.1 Å². The van der Waals surface area contributed by atoms with E-state index in [1.54, 1.807) is 0 Å². The minimum atomic E-state index is 0.248. The maximum atomic E-state index is 10.8. The van der Waals surface area contributed by atoms with Crippen LogP contribution in [0.15, 0.2) is 164 Å². The first-order chi connectivity index (χ1) is 27.2. The third kappa shape index (κ3) is 5.25. The molecule has 0 N–H and O–H groups in total. The van der Waals surface area contributed by atoms with Crippen LogP contribution >= 0.6 is 0 Å². The zero-order valence-electron chi connectivity index (χ0n) is 29.1. The van der Waals surface area contributed by atoms with E-state index in [-0.39, 0.29) is 17.0 Å². The largest absolute Gasteiger partial charge is 0.453 e. The number of ether oxygens (including phenoxy) is 1. The molecule has 0 atom stereocenters. The zero-order chi connectivity index (χ0) is 36.9. The summed E-state index contributed by atoms with van der Waals surface area (Å²) >= 11 is 0. The molecule has 0 bridgehead atoms. The summed E-state index contributed by atoms with van der Waals surface area (Å²) in [5, 5.41) is 23.5. The predicted octanol–water partition coefficient (Wildman–Crippen LogP) is 11.3. The molecule has 0 amide bonds. The molecular weight excluding hydrogens is 679 g/mol. The lowest BCUT2D eigenvalue weighted by Gasteiger charge is -2.33. The van der Waals surface area contributed by atoms with E-state index in [0.29, 0.717) is 22.9 Å². The van der Waals surface area contributed by atoms with Gasteiger partial charge in [-0.15, -0.1) is 0 Å². The van der Waals surface area contributed by atoms with Crippen molar-refractivity contribution in [2.45, 2.75) is 0 Å². The van der Waals surface area contributed by atoms with Crippen molar-refractivity contribution < 1.29 is 4.74 Å². The summed E-state index contributed by atoms with van der Waals surface area (Å²) in [6, 6.07) is 58.2. The van der Waals surface area contributed by atoms with Crippen LogP contribution in [0.5, 0.6) is 11.5 Å². The number of aromatic nitrogens is 4. The molecular formula is C47H27N7O. The van der Waals surface area contributed by atoms with Gasteiger partial charge in [-0.3, -0.25) is 0 Å². The third-order valence-electron chi connectivity index (χ3n) is 9.88. The summed E-state index contributed by atoms with van der Waals surface area (Å²) < 4.78 is 8.68. The molecule has 9 aromatic rings. The van der Waals surface area contributed by atoms with E-state index in [0.717, 1.165) is 61.5 Å². The van der Waals surface area contributed by atoms with Crippen molar-refractivity contribution in [2.75, 3.05) is 4.90 Å². The average molecular weight is 706 g/mol. The SMILES string of the molecule is N#Cc1cc(-n2c3ccccc3c3cc4c(cc32)N(c2ccccc2)c2ccccc2O4)cc(C#N)c1-c1nc(-c2ccccc2)nc(-c2ccccc2)n1. The lowest BCUT2D eigenvalue weighted by molar-refractivity contribution is 0.478. The fraction of sp³-hybridized carbons (Fsp3) is 0. The number of hydrogen-bond acceptors (Lipinski definition) is 7. The molecule has 256 valence electrons. The Balaban J connectivity index is 1.21.